The lowest BCUT2D eigenvalue weighted by molar-refractivity contribution is -0.117. The van der Waals surface area contributed by atoms with Crippen molar-refractivity contribution in [2.24, 2.45) is 0 Å². The molecule has 0 bridgehead atoms. The Bertz CT molecular complexity index is 675. The van der Waals surface area contributed by atoms with Gasteiger partial charge in [0.05, 0.1) is 5.69 Å². The highest BCUT2D eigenvalue weighted by Gasteiger charge is 2.30. The number of anilines is 1. The number of hydrazine groups is 1. The Kier molecular flexibility index (Phi) is 4.18. The minimum atomic E-state index is -0.426. The molecule has 0 radical (unpaired) electrons. The fraction of sp³-hybridized carbons (Fsp3) is 0.235. The third-order valence-corrected chi connectivity index (χ3v) is 3.80. The summed E-state index contributed by atoms with van der Waals surface area (Å²) in [5.41, 5.74) is 8.32. The smallest absolute Gasteiger partial charge is 0.243 e. The molecule has 3 rings (SSSR count). The monoisotopic (exact) mass is 299 g/mol. The Morgan fingerprint density at radius 3 is 2.73 bits per heavy atom. The van der Waals surface area contributed by atoms with Crippen LogP contribution in [0.25, 0.3) is 0 Å². The SMILES string of the molecule is Cc1ccc(F)c(NC(=O)C2CC(c3ccccc3)NN2)c1. The fourth-order valence-electron chi connectivity index (χ4n) is 2.59. The number of aryl methyl sites for hydroxylation is 1. The van der Waals surface area contributed by atoms with Gasteiger partial charge in [-0.1, -0.05) is 36.4 Å². The van der Waals surface area contributed by atoms with Gasteiger partial charge in [-0.2, -0.15) is 0 Å². The lowest BCUT2D eigenvalue weighted by atomic mass is 10.0. The van der Waals surface area contributed by atoms with Crippen LogP contribution in [0.15, 0.2) is 48.5 Å². The van der Waals surface area contributed by atoms with Crippen molar-refractivity contribution in [3.63, 3.8) is 0 Å². The molecule has 3 N–H and O–H groups in total. The molecule has 1 heterocycles. The Balaban J connectivity index is 1.66. The van der Waals surface area contributed by atoms with Crippen LogP contribution >= 0.6 is 0 Å². The highest BCUT2D eigenvalue weighted by molar-refractivity contribution is 5.95. The van der Waals surface area contributed by atoms with Crippen molar-refractivity contribution in [3.05, 3.63) is 65.5 Å². The van der Waals surface area contributed by atoms with Gasteiger partial charge in [0.15, 0.2) is 0 Å². The highest BCUT2D eigenvalue weighted by Crippen LogP contribution is 2.23. The van der Waals surface area contributed by atoms with Crippen LogP contribution in [0.1, 0.15) is 23.6 Å². The molecule has 0 saturated carbocycles. The Morgan fingerprint density at radius 1 is 1.18 bits per heavy atom. The Morgan fingerprint density at radius 2 is 1.95 bits per heavy atom. The molecule has 1 aliphatic heterocycles. The number of halogens is 1. The van der Waals surface area contributed by atoms with Crippen molar-refractivity contribution < 1.29 is 9.18 Å². The van der Waals surface area contributed by atoms with Crippen molar-refractivity contribution >= 4 is 11.6 Å². The van der Waals surface area contributed by atoms with Gasteiger partial charge in [0, 0.05) is 6.04 Å². The molecule has 1 aliphatic rings. The van der Waals surface area contributed by atoms with Crippen molar-refractivity contribution in [3.8, 4) is 0 Å². The lowest BCUT2D eigenvalue weighted by Crippen LogP contribution is -2.39. The average molecular weight is 299 g/mol. The van der Waals surface area contributed by atoms with Crippen molar-refractivity contribution in [1.82, 2.24) is 10.9 Å². The molecule has 22 heavy (non-hydrogen) atoms. The van der Waals surface area contributed by atoms with Gasteiger partial charge in [-0.15, -0.1) is 0 Å². The van der Waals surface area contributed by atoms with Gasteiger partial charge in [-0.25, -0.2) is 15.2 Å². The molecule has 5 heteroatoms. The van der Waals surface area contributed by atoms with Gasteiger partial charge in [0.25, 0.3) is 0 Å². The van der Waals surface area contributed by atoms with Crippen LogP contribution in [0.2, 0.25) is 0 Å². The largest absolute Gasteiger partial charge is 0.322 e. The van der Waals surface area contributed by atoms with E-state index < -0.39 is 11.9 Å². The molecule has 0 spiro atoms. The van der Waals surface area contributed by atoms with E-state index in [4.69, 9.17) is 0 Å². The van der Waals surface area contributed by atoms with E-state index in [9.17, 15) is 9.18 Å². The number of rotatable bonds is 3. The van der Waals surface area contributed by atoms with Crippen LogP contribution < -0.4 is 16.2 Å². The first-order valence-electron chi connectivity index (χ1n) is 7.26. The quantitative estimate of drug-likeness (QED) is 0.817. The minimum absolute atomic E-state index is 0.0688. The topological polar surface area (TPSA) is 53.2 Å². The van der Waals surface area contributed by atoms with E-state index in [2.05, 4.69) is 16.2 Å². The predicted octanol–water partition coefficient (Wildman–Crippen LogP) is 2.68. The summed E-state index contributed by atoms with van der Waals surface area (Å²) >= 11 is 0. The van der Waals surface area contributed by atoms with Gasteiger partial charge in [0.2, 0.25) is 5.91 Å². The van der Waals surface area contributed by atoms with Crippen LogP contribution in [0.5, 0.6) is 0 Å². The van der Waals surface area contributed by atoms with Gasteiger partial charge in [-0.3, -0.25) is 4.79 Å². The second-order valence-electron chi connectivity index (χ2n) is 5.51. The van der Waals surface area contributed by atoms with Gasteiger partial charge < -0.3 is 5.32 Å². The van der Waals surface area contributed by atoms with Crippen LogP contribution in [0, 0.1) is 12.7 Å². The highest BCUT2D eigenvalue weighted by atomic mass is 19.1. The third kappa shape index (κ3) is 3.16. The lowest BCUT2D eigenvalue weighted by Gasteiger charge is -2.12. The summed E-state index contributed by atoms with van der Waals surface area (Å²) < 4.78 is 13.7. The van der Waals surface area contributed by atoms with Gasteiger partial charge in [-0.05, 0) is 36.6 Å². The molecule has 2 aromatic rings. The molecule has 0 aromatic heterocycles. The second kappa shape index (κ2) is 6.25. The molecular formula is C17H18FN3O. The first-order valence-corrected chi connectivity index (χ1v) is 7.26. The minimum Gasteiger partial charge on any atom is -0.322 e. The predicted molar refractivity (Wildman–Crippen MR) is 83.6 cm³/mol. The standard InChI is InChI=1S/C17H18FN3O/c1-11-7-8-13(18)15(9-11)19-17(22)16-10-14(20-21-16)12-5-3-2-4-6-12/h2-9,14,16,20-21H,10H2,1H3,(H,19,22). The maximum atomic E-state index is 13.7. The second-order valence-corrected chi connectivity index (χ2v) is 5.51. The zero-order valence-corrected chi connectivity index (χ0v) is 12.3. The van der Waals surface area contributed by atoms with E-state index in [1.54, 1.807) is 12.1 Å². The van der Waals surface area contributed by atoms with Crippen molar-refractivity contribution in [1.29, 1.82) is 0 Å². The van der Waals surface area contributed by atoms with Crippen molar-refractivity contribution in [2.75, 3.05) is 5.32 Å². The average Bonchev–Trinajstić information content (AvgIpc) is 3.02. The van der Waals surface area contributed by atoms with Gasteiger partial charge >= 0.3 is 0 Å². The molecule has 114 valence electrons. The maximum Gasteiger partial charge on any atom is 0.243 e. The molecule has 0 aliphatic carbocycles. The van der Waals surface area contributed by atoms with Crippen molar-refractivity contribution in [2.45, 2.75) is 25.4 Å². The zero-order valence-electron chi connectivity index (χ0n) is 12.3. The van der Waals surface area contributed by atoms with Crippen LogP contribution in [0.4, 0.5) is 10.1 Å². The first-order chi connectivity index (χ1) is 10.6. The maximum absolute atomic E-state index is 13.7. The number of carbonyl (C=O) groups excluding carboxylic acids is 1. The number of hydrogen-bond acceptors (Lipinski definition) is 3. The number of carbonyl (C=O) groups is 1. The van der Waals surface area contributed by atoms with Crippen LogP contribution in [-0.4, -0.2) is 11.9 Å². The molecule has 1 saturated heterocycles. The summed E-state index contributed by atoms with van der Waals surface area (Å²) in [6.07, 6.45) is 0.614. The molecular weight excluding hydrogens is 281 g/mol. The van der Waals surface area contributed by atoms with E-state index in [0.717, 1.165) is 11.1 Å². The van der Waals surface area contributed by atoms with E-state index >= 15 is 0 Å². The zero-order chi connectivity index (χ0) is 15.5. The summed E-state index contributed by atoms with van der Waals surface area (Å²) in [5, 5.41) is 2.65. The number of hydrogen-bond donors (Lipinski definition) is 3. The van der Waals surface area contributed by atoms with Crippen LogP contribution in [-0.2, 0) is 4.79 Å². The molecule has 4 nitrogen and oxygen atoms in total. The first kappa shape index (κ1) is 14.7. The molecule has 2 aromatic carbocycles. The number of amides is 1. The molecule has 1 amide bonds. The van der Waals surface area contributed by atoms with E-state index in [1.807, 2.05) is 37.3 Å². The van der Waals surface area contributed by atoms with Crippen LogP contribution in [0.3, 0.4) is 0 Å². The van der Waals surface area contributed by atoms with E-state index in [-0.39, 0.29) is 17.6 Å². The molecule has 2 unspecified atom stereocenters. The van der Waals surface area contributed by atoms with Gasteiger partial charge in [0.1, 0.15) is 11.9 Å². The molecule has 2 atom stereocenters. The fourth-order valence-corrected chi connectivity index (χ4v) is 2.59. The summed E-state index contributed by atoms with van der Waals surface area (Å²) in [6, 6.07) is 14.2. The normalized spacial score (nSPS) is 20.8. The van der Waals surface area contributed by atoms with E-state index in [0.29, 0.717) is 6.42 Å². The number of benzene rings is 2. The summed E-state index contributed by atoms with van der Waals surface area (Å²) in [6.45, 7) is 1.86. The number of nitrogens with one attached hydrogen (secondary N) is 3. The molecule has 1 fully saturated rings. The summed E-state index contributed by atoms with van der Waals surface area (Å²) in [4.78, 5) is 12.3. The summed E-state index contributed by atoms with van der Waals surface area (Å²) in [7, 11) is 0. The Hall–Kier alpha value is -2.24. The third-order valence-electron chi connectivity index (χ3n) is 3.80. The van der Waals surface area contributed by atoms with E-state index in [1.165, 1.54) is 6.07 Å². The summed E-state index contributed by atoms with van der Waals surface area (Å²) in [5.74, 6) is -0.667. The Labute approximate surface area is 128 Å².